The number of hydrazine groups is 1. The molecule has 0 saturated carbocycles. The minimum absolute atomic E-state index is 0.0700. The Kier molecular flexibility index (Phi) is 5.34. The maximum atomic E-state index is 5.61. The number of nitrogens with zero attached hydrogens (tertiary/aromatic N) is 1. The highest BCUT2D eigenvalue weighted by Crippen LogP contribution is 2.28. The molecule has 3 nitrogen and oxygen atoms in total. The van der Waals surface area contributed by atoms with Crippen molar-refractivity contribution in [1.29, 1.82) is 0 Å². The van der Waals surface area contributed by atoms with Crippen LogP contribution >= 0.6 is 0 Å². The van der Waals surface area contributed by atoms with Gasteiger partial charge in [0.05, 0.1) is 6.04 Å². The van der Waals surface area contributed by atoms with Gasteiger partial charge in [0.2, 0.25) is 0 Å². The third-order valence-electron chi connectivity index (χ3n) is 3.31. The van der Waals surface area contributed by atoms with Crippen LogP contribution in [0.2, 0.25) is 0 Å². The first-order valence-corrected chi connectivity index (χ1v) is 5.25. The number of hydrogen-bond donors (Lipinski definition) is 2. The molecule has 0 aromatic rings. The van der Waals surface area contributed by atoms with Crippen LogP contribution in [0.25, 0.3) is 0 Å². The topological polar surface area (TPSA) is 41.3 Å². The van der Waals surface area contributed by atoms with E-state index in [4.69, 9.17) is 5.84 Å². The van der Waals surface area contributed by atoms with Crippen LogP contribution in [-0.4, -0.2) is 30.6 Å². The molecular weight excluding hydrogens is 174 g/mol. The van der Waals surface area contributed by atoms with Gasteiger partial charge in [-0.15, -0.1) is 0 Å². The van der Waals surface area contributed by atoms with Crippen LogP contribution < -0.4 is 11.3 Å². The first kappa shape index (κ1) is 13.6. The van der Waals surface area contributed by atoms with Gasteiger partial charge in [-0.1, -0.05) is 26.0 Å². The van der Waals surface area contributed by atoms with E-state index in [2.05, 4.69) is 44.8 Å². The number of rotatable bonds is 6. The molecule has 1 unspecified atom stereocenters. The molecule has 1 atom stereocenters. The number of likely N-dealkylation sites (N-methyl/N-ethyl adjacent to an activating group) is 1. The molecule has 0 aliphatic heterocycles. The monoisotopic (exact) mass is 199 g/mol. The second kappa shape index (κ2) is 5.49. The first-order chi connectivity index (χ1) is 6.46. The van der Waals surface area contributed by atoms with Crippen LogP contribution in [0.15, 0.2) is 12.2 Å². The molecular formula is C11H25N3. The van der Waals surface area contributed by atoms with E-state index in [1.54, 1.807) is 0 Å². The van der Waals surface area contributed by atoms with Gasteiger partial charge in [0.15, 0.2) is 0 Å². The Hall–Kier alpha value is -0.380. The molecule has 0 aromatic heterocycles. The minimum atomic E-state index is 0.0700. The molecule has 3 heteroatoms. The summed E-state index contributed by atoms with van der Waals surface area (Å²) in [5.41, 5.74) is 4.04. The summed E-state index contributed by atoms with van der Waals surface area (Å²) in [4.78, 5) is 2.24. The normalized spacial score (nSPS) is 14.5. The zero-order valence-corrected chi connectivity index (χ0v) is 10.2. The highest BCUT2D eigenvalue weighted by atomic mass is 15.3. The van der Waals surface area contributed by atoms with Gasteiger partial charge in [-0.05, 0) is 33.9 Å². The van der Waals surface area contributed by atoms with Crippen molar-refractivity contribution in [2.24, 2.45) is 5.84 Å². The molecule has 0 bridgehead atoms. The Morgan fingerprint density at radius 3 is 1.93 bits per heavy atom. The lowest BCUT2D eigenvalue weighted by atomic mass is 9.80. The maximum Gasteiger partial charge on any atom is 0.0598 e. The predicted octanol–water partition coefficient (Wildman–Crippen LogP) is 1.51. The van der Waals surface area contributed by atoms with Crippen LogP contribution in [0.4, 0.5) is 0 Å². The summed E-state index contributed by atoms with van der Waals surface area (Å²) >= 11 is 0. The summed E-state index contributed by atoms with van der Waals surface area (Å²) in [6, 6.07) is 0.146. The Labute approximate surface area is 88.3 Å². The fourth-order valence-corrected chi connectivity index (χ4v) is 2.30. The zero-order chi connectivity index (χ0) is 11.4. The molecule has 0 saturated heterocycles. The van der Waals surface area contributed by atoms with E-state index in [0.717, 1.165) is 18.4 Å². The van der Waals surface area contributed by atoms with E-state index in [1.165, 1.54) is 0 Å². The number of hydrogen-bond acceptors (Lipinski definition) is 3. The van der Waals surface area contributed by atoms with E-state index >= 15 is 0 Å². The smallest absolute Gasteiger partial charge is 0.0598 e. The van der Waals surface area contributed by atoms with Gasteiger partial charge >= 0.3 is 0 Å². The molecule has 0 radical (unpaired) electrons. The van der Waals surface area contributed by atoms with E-state index in [-0.39, 0.29) is 11.6 Å². The Balaban J connectivity index is 5.03. The molecule has 0 fully saturated rings. The average Bonchev–Trinajstić information content (AvgIpc) is 2.12. The van der Waals surface area contributed by atoms with E-state index in [9.17, 15) is 0 Å². The standard InChI is InChI=1S/C11H25N3/c1-7-11(8-2,14(5)6)10(13-12)9(3)4/h10,13H,3,7-8,12H2,1-2,4-6H3. The zero-order valence-electron chi connectivity index (χ0n) is 10.2. The molecule has 0 aliphatic rings. The van der Waals surface area contributed by atoms with E-state index < -0.39 is 0 Å². The molecule has 84 valence electrons. The predicted molar refractivity (Wildman–Crippen MR) is 62.9 cm³/mol. The van der Waals surface area contributed by atoms with Crippen LogP contribution in [-0.2, 0) is 0 Å². The molecule has 0 aliphatic carbocycles. The van der Waals surface area contributed by atoms with Crippen molar-refractivity contribution in [3.05, 3.63) is 12.2 Å². The number of nitrogens with one attached hydrogen (secondary N) is 1. The van der Waals surface area contributed by atoms with Crippen LogP contribution in [0.5, 0.6) is 0 Å². The van der Waals surface area contributed by atoms with Gasteiger partial charge in [-0.2, -0.15) is 0 Å². The van der Waals surface area contributed by atoms with Crippen molar-refractivity contribution < 1.29 is 0 Å². The van der Waals surface area contributed by atoms with Gasteiger partial charge < -0.3 is 4.90 Å². The fraction of sp³-hybridized carbons (Fsp3) is 0.818. The quantitative estimate of drug-likeness (QED) is 0.387. The summed E-state index contributed by atoms with van der Waals surface area (Å²) in [7, 11) is 4.20. The van der Waals surface area contributed by atoms with Gasteiger partial charge in [-0.3, -0.25) is 11.3 Å². The van der Waals surface area contributed by atoms with Gasteiger partial charge in [0.1, 0.15) is 0 Å². The highest BCUT2D eigenvalue weighted by Gasteiger charge is 2.37. The van der Waals surface area contributed by atoms with Crippen LogP contribution in [0.3, 0.4) is 0 Å². The fourth-order valence-electron chi connectivity index (χ4n) is 2.30. The molecule has 14 heavy (non-hydrogen) atoms. The SMILES string of the molecule is C=C(C)C(NN)C(CC)(CC)N(C)C. The van der Waals surface area contributed by atoms with Crippen molar-refractivity contribution >= 4 is 0 Å². The molecule has 3 N–H and O–H groups in total. The lowest BCUT2D eigenvalue weighted by Gasteiger charge is -2.45. The van der Waals surface area contributed by atoms with Crippen molar-refractivity contribution in [1.82, 2.24) is 10.3 Å². The summed E-state index contributed by atoms with van der Waals surface area (Å²) in [5, 5.41) is 0. The van der Waals surface area contributed by atoms with Crippen LogP contribution in [0.1, 0.15) is 33.6 Å². The molecule has 0 rings (SSSR count). The highest BCUT2D eigenvalue weighted by molar-refractivity contribution is 5.13. The summed E-state index contributed by atoms with van der Waals surface area (Å²) < 4.78 is 0. The molecule has 0 spiro atoms. The van der Waals surface area contributed by atoms with Crippen molar-refractivity contribution in [2.75, 3.05) is 14.1 Å². The minimum Gasteiger partial charge on any atom is -0.302 e. The summed E-state index contributed by atoms with van der Waals surface area (Å²) in [6.45, 7) is 10.4. The molecule has 0 heterocycles. The largest absolute Gasteiger partial charge is 0.302 e. The maximum absolute atomic E-state index is 5.61. The van der Waals surface area contributed by atoms with Gasteiger partial charge in [-0.25, -0.2) is 0 Å². The average molecular weight is 199 g/mol. The lowest BCUT2D eigenvalue weighted by Crippen LogP contribution is -2.60. The van der Waals surface area contributed by atoms with Gasteiger partial charge in [0, 0.05) is 5.54 Å². The Morgan fingerprint density at radius 2 is 1.86 bits per heavy atom. The number of nitrogens with two attached hydrogens (primary N) is 1. The molecule has 0 aromatic carbocycles. The van der Waals surface area contributed by atoms with Crippen LogP contribution in [0, 0.1) is 0 Å². The van der Waals surface area contributed by atoms with E-state index in [0.29, 0.717) is 0 Å². The van der Waals surface area contributed by atoms with Gasteiger partial charge in [0.25, 0.3) is 0 Å². The summed E-state index contributed by atoms with van der Waals surface area (Å²) in [6.07, 6.45) is 2.11. The second-order valence-electron chi connectivity index (χ2n) is 4.15. The third-order valence-corrected chi connectivity index (χ3v) is 3.31. The van der Waals surface area contributed by atoms with Crippen molar-refractivity contribution in [3.63, 3.8) is 0 Å². The first-order valence-electron chi connectivity index (χ1n) is 5.25. The Bertz CT molecular complexity index is 183. The second-order valence-corrected chi connectivity index (χ2v) is 4.15. The molecule has 0 amide bonds. The van der Waals surface area contributed by atoms with Crippen molar-refractivity contribution in [3.8, 4) is 0 Å². The Morgan fingerprint density at radius 1 is 1.43 bits per heavy atom. The summed E-state index contributed by atoms with van der Waals surface area (Å²) in [5.74, 6) is 5.61. The lowest BCUT2D eigenvalue weighted by molar-refractivity contribution is 0.103. The third kappa shape index (κ3) is 2.35. The van der Waals surface area contributed by atoms with E-state index in [1.807, 2.05) is 6.92 Å². The van der Waals surface area contributed by atoms with Crippen molar-refractivity contribution in [2.45, 2.75) is 45.2 Å².